The van der Waals surface area contributed by atoms with E-state index in [9.17, 15) is 19.4 Å². The van der Waals surface area contributed by atoms with Crippen molar-refractivity contribution < 1.29 is 33.6 Å². The summed E-state index contributed by atoms with van der Waals surface area (Å²) in [6.45, 7) is 2.48. The number of hydrogen-bond donors (Lipinski definition) is 3. The van der Waals surface area contributed by atoms with E-state index >= 15 is 0 Å². The molecule has 0 radical (unpaired) electrons. The summed E-state index contributed by atoms with van der Waals surface area (Å²) < 4.78 is 30.6. The largest absolute Gasteiger partial charge is 0.507 e. The fourth-order valence-electron chi connectivity index (χ4n) is 4.82. The van der Waals surface area contributed by atoms with Crippen molar-refractivity contribution in [2.24, 2.45) is 0 Å². The highest BCUT2D eigenvalue weighted by Gasteiger charge is 2.43. The van der Waals surface area contributed by atoms with Gasteiger partial charge >= 0.3 is 0 Å². The third kappa shape index (κ3) is 3.77. The van der Waals surface area contributed by atoms with Gasteiger partial charge in [-0.25, -0.2) is 4.39 Å². The van der Waals surface area contributed by atoms with Crippen molar-refractivity contribution in [3.63, 3.8) is 0 Å². The number of nitrogens with one attached hydrogen (secondary N) is 1. The lowest BCUT2D eigenvalue weighted by molar-refractivity contribution is 0.0729. The highest BCUT2D eigenvalue weighted by molar-refractivity contribution is 6.00. The summed E-state index contributed by atoms with van der Waals surface area (Å²) in [5.74, 6) is 0.414. The molecule has 0 bridgehead atoms. The fourth-order valence-corrected chi connectivity index (χ4v) is 4.82. The average Bonchev–Trinajstić information content (AvgIpc) is 3.59. The van der Waals surface area contributed by atoms with E-state index in [1.807, 2.05) is 12.1 Å². The predicted molar refractivity (Wildman–Crippen MR) is 129 cm³/mol. The van der Waals surface area contributed by atoms with Crippen molar-refractivity contribution in [3.05, 3.63) is 82.8 Å². The highest BCUT2D eigenvalue weighted by atomic mass is 19.1. The Morgan fingerprint density at radius 2 is 1.89 bits per heavy atom. The monoisotopic (exact) mass is 503 g/mol. The third-order valence-corrected chi connectivity index (χ3v) is 6.47. The number of aromatic nitrogens is 2. The van der Waals surface area contributed by atoms with Gasteiger partial charge in [0.2, 0.25) is 6.79 Å². The Balaban J connectivity index is 1.49. The average molecular weight is 503 g/mol. The lowest BCUT2D eigenvalue weighted by atomic mass is 9.95. The molecule has 0 aliphatic carbocycles. The van der Waals surface area contributed by atoms with Gasteiger partial charge < -0.3 is 29.3 Å². The number of rotatable bonds is 6. The summed E-state index contributed by atoms with van der Waals surface area (Å²) in [6, 6.07) is 13.2. The maximum Gasteiger partial charge on any atom is 0.273 e. The van der Waals surface area contributed by atoms with Crippen LogP contribution < -0.4 is 14.2 Å². The number of carbonyl (C=O) groups excluding carboxylic acids is 1. The summed E-state index contributed by atoms with van der Waals surface area (Å²) in [7, 11) is 0. The van der Waals surface area contributed by atoms with Gasteiger partial charge in [-0.05, 0) is 60.5 Å². The number of H-pyrrole nitrogens is 1. The molecular formula is C27H22FN3O6. The fraction of sp³-hybridized carbons (Fsp3) is 0.185. The molecule has 37 heavy (non-hydrogen) atoms. The Hall–Kier alpha value is -4.73. The lowest BCUT2D eigenvalue weighted by Crippen LogP contribution is -2.29. The van der Waals surface area contributed by atoms with Crippen LogP contribution >= 0.6 is 0 Å². The van der Waals surface area contributed by atoms with Crippen LogP contribution in [-0.2, 0) is 6.54 Å². The van der Waals surface area contributed by atoms with Crippen molar-refractivity contribution in [3.8, 4) is 40.0 Å². The Morgan fingerprint density at radius 3 is 2.73 bits per heavy atom. The first-order chi connectivity index (χ1) is 17.9. The molecular weight excluding hydrogens is 481 g/mol. The van der Waals surface area contributed by atoms with Gasteiger partial charge in [0.1, 0.15) is 23.0 Å². The maximum absolute atomic E-state index is 14.2. The van der Waals surface area contributed by atoms with E-state index in [4.69, 9.17) is 14.2 Å². The predicted octanol–water partition coefficient (Wildman–Crippen LogP) is 4.50. The minimum absolute atomic E-state index is 0.0346. The number of fused-ring (bicyclic) bond motifs is 2. The first-order valence-corrected chi connectivity index (χ1v) is 11.7. The SMILES string of the molecule is CCOc1cc([C@@H]2c3c(-c4cc(F)ccc4O)n[nH]c3C(=O)N2Cc2ccc3c(c2)OCO3)ccc1O. The molecule has 0 saturated carbocycles. The number of nitrogens with zero attached hydrogens (tertiary/aromatic N) is 2. The number of hydrogen-bond acceptors (Lipinski definition) is 7. The number of phenols is 2. The highest BCUT2D eigenvalue weighted by Crippen LogP contribution is 2.47. The van der Waals surface area contributed by atoms with Gasteiger partial charge in [0.15, 0.2) is 23.0 Å². The van der Waals surface area contributed by atoms with E-state index in [2.05, 4.69) is 10.2 Å². The second kappa shape index (κ2) is 8.74. The molecule has 0 unspecified atom stereocenters. The van der Waals surface area contributed by atoms with Gasteiger partial charge in [-0.2, -0.15) is 5.10 Å². The molecule has 1 atom stereocenters. The van der Waals surface area contributed by atoms with Gasteiger partial charge in [0.25, 0.3) is 5.91 Å². The van der Waals surface area contributed by atoms with E-state index in [0.29, 0.717) is 29.2 Å². The van der Waals surface area contributed by atoms with Gasteiger partial charge in [-0.3, -0.25) is 9.89 Å². The number of benzene rings is 3. The van der Waals surface area contributed by atoms with Crippen molar-refractivity contribution in [1.82, 2.24) is 15.1 Å². The van der Waals surface area contributed by atoms with Crippen LogP contribution in [0.25, 0.3) is 11.3 Å². The van der Waals surface area contributed by atoms with Crippen LogP contribution in [0, 0.1) is 5.82 Å². The molecule has 0 fully saturated rings. The molecule has 188 valence electrons. The number of aromatic amines is 1. The second-order valence-electron chi connectivity index (χ2n) is 8.71. The van der Waals surface area contributed by atoms with E-state index in [0.717, 1.165) is 11.6 Å². The quantitative estimate of drug-likeness (QED) is 0.355. The Morgan fingerprint density at radius 1 is 1.08 bits per heavy atom. The molecule has 3 N–H and O–H groups in total. The summed E-state index contributed by atoms with van der Waals surface area (Å²) in [6.07, 6.45) is 0. The van der Waals surface area contributed by atoms with Crippen LogP contribution in [0.4, 0.5) is 4.39 Å². The van der Waals surface area contributed by atoms with Gasteiger partial charge in [-0.1, -0.05) is 12.1 Å². The van der Waals surface area contributed by atoms with Crippen LogP contribution in [-0.4, -0.2) is 44.6 Å². The molecule has 3 heterocycles. The maximum atomic E-state index is 14.2. The normalized spacial score (nSPS) is 15.8. The van der Waals surface area contributed by atoms with Crippen LogP contribution in [0.1, 0.15) is 40.1 Å². The zero-order chi connectivity index (χ0) is 25.7. The van der Waals surface area contributed by atoms with Crippen LogP contribution in [0.5, 0.6) is 28.7 Å². The minimum atomic E-state index is -0.677. The van der Waals surface area contributed by atoms with E-state index in [-0.39, 0.29) is 53.4 Å². The molecule has 9 nitrogen and oxygen atoms in total. The van der Waals surface area contributed by atoms with Gasteiger partial charge in [0, 0.05) is 17.7 Å². The summed E-state index contributed by atoms with van der Waals surface area (Å²) in [5.41, 5.74) is 2.58. The number of ether oxygens (including phenoxy) is 3. The number of phenolic OH excluding ortho intramolecular Hbond substituents is 2. The summed E-state index contributed by atoms with van der Waals surface area (Å²) >= 11 is 0. The van der Waals surface area contributed by atoms with E-state index in [1.165, 1.54) is 18.2 Å². The molecule has 10 heteroatoms. The molecule has 3 aromatic carbocycles. The van der Waals surface area contributed by atoms with Crippen LogP contribution in [0.3, 0.4) is 0 Å². The smallest absolute Gasteiger partial charge is 0.273 e. The van der Waals surface area contributed by atoms with Gasteiger partial charge in [-0.15, -0.1) is 0 Å². The minimum Gasteiger partial charge on any atom is -0.507 e. The number of aromatic hydroxyl groups is 2. The first-order valence-electron chi connectivity index (χ1n) is 11.7. The molecule has 0 saturated heterocycles. The number of carbonyl (C=O) groups is 1. The molecule has 4 aromatic rings. The Labute approximate surface area is 210 Å². The number of halogens is 1. The van der Waals surface area contributed by atoms with Gasteiger partial charge in [0.05, 0.1) is 12.6 Å². The lowest BCUT2D eigenvalue weighted by Gasteiger charge is -2.27. The Bertz CT molecular complexity index is 1530. The van der Waals surface area contributed by atoms with Crippen LogP contribution in [0.2, 0.25) is 0 Å². The van der Waals surface area contributed by atoms with Crippen molar-refractivity contribution >= 4 is 5.91 Å². The van der Waals surface area contributed by atoms with Crippen molar-refractivity contribution in [2.75, 3.05) is 13.4 Å². The van der Waals surface area contributed by atoms with E-state index in [1.54, 1.807) is 30.0 Å². The molecule has 2 aliphatic heterocycles. The first kappa shape index (κ1) is 22.7. The van der Waals surface area contributed by atoms with Crippen LogP contribution in [0.15, 0.2) is 54.6 Å². The number of amides is 1. The molecule has 2 aliphatic rings. The second-order valence-corrected chi connectivity index (χ2v) is 8.71. The zero-order valence-electron chi connectivity index (χ0n) is 19.7. The third-order valence-electron chi connectivity index (χ3n) is 6.47. The standard InChI is InChI=1S/C27H22FN3O6/c1-2-35-21-10-15(4-6-19(21)33)26-23-24(17-11-16(28)5-7-18(17)32)29-30-25(23)27(34)31(26)12-14-3-8-20-22(9-14)37-13-36-20/h3-11,26,32-33H,2,12-13H2,1H3,(H,29,30)/t26-/m1/s1. The topological polar surface area (TPSA) is 117 Å². The van der Waals surface area contributed by atoms with E-state index < -0.39 is 11.9 Å². The molecule has 1 aromatic heterocycles. The zero-order valence-corrected chi connectivity index (χ0v) is 19.7. The molecule has 6 rings (SSSR count). The summed E-state index contributed by atoms with van der Waals surface area (Å²) in [4.78, 5) is 15.3. The molecule has 1 amide bonds. The summed E-state index contributed by atoms with van der Waals surface area (Å²) in [5, 5.41) is 27.9. The van der Waals surface area contributed by atoms with Crippen molar-refractivity contribution in [2.45, 2.75) is 19.5 Å². The molecule has 0 spiro atoms. The Kier molecular flexibility index (Phi) is 5.36. The van der Waals surface area contributed by atoms with Crippen molar-refractivity contribution in [1.29, 1.82) is 0 Å².